The topological polar surface area (TPSA) is 89.1 Å². The van der Waals surface area contributed by atoms with Crippen molar-refractivity contribution in [2.75, 3.05) is 33.3 Å². The molecule has 1 aromatic heterocycles. The number of fused-ring (bicyclic) bond motifs is 4. The molecule has 2 fully saturated rings. The number of hydrogen-bond acceptors (Lipinski definition) is 5. The number of ether oxygens (including phenoxy) is 1. The number of aromatic nitrogens is 1. The van der Waals surface area contributed by atoms with Crippen LogP contribution in [0.2, 0.25) is 0 Å². The minimum Gasteiger partial charge on any atom is -0.508 e. The maximum atomic E-state index is 14.5. The maximum absolute atomic E-state index is 14.5. The molecule has 2 N–H and O–H groups in total. The van der Waals surface area contributed by atoms with E-state index < -0.39 is 17.4 Å². The number of aromatic hydroxyl groups is 1. The second-order valence-electron chi connectivity index (χ2n) is 10.2. The van der Waals surface area contributed by atoms with E-state index in [2.05, 4.69) is 9.88 Å². The highest BCUT2D eigenvalue weighted by Crippen LogP contribution is 2.49. The van der Waals surface area contributed by atoms with Crippen LogP contribution in [0.4, 0.5) is 9.18 Å². The quantitative estimate of drug-likeness (QED) is 0.529. The van der Waals surface area contributed by atoms with Crippen molar-refractivity contribution in [3.8, 4) is 11.5 Å². The zero-order valence-corrected chi connectivity index (χ0v) is 20.4. The van der Waals surface area contributed by atoms with Gasteiger partial charge in [0.25, 0.3) is 5.91 Å². The van der Waals surface area contributed by atoms with Gasteiger partial charge in [-0.25, -0.2) is 9.18 Å². The molecule has 3 aliphatic rings. The highest BCUT2D eigenvalue weighted by atomic mass is 19.1. The van der Waals surface area contributed by atoms with Crippen LogP contribution in [0.3, 0.4) is 0 Å². The van der Waals surface area contributed by atoms with Crippen molar-refractivity contribution < 1.29 is 23.8 Å². The molecule has 0 aliphatic carbocycles. The Morgan fingerprint density at radius 1 is 1.17 bits per heavy atom. The Kier molecular flexibility index (Phi) is 5.22. The number of methoxy groups -OCH3 is 1. The molecule has 3 amide bonds. The third-order valence-electron chi connectivity index (χ3n) is 7.96. The van der Waals surface area contributed by atoms with Crippen LogP contribution < -0.4 is 4.74 Å². The number of likely N-dealkylation sites (tertiary alicyclic amines) is 1. The van der Waals surface area contributed by atoms with Gasteiger partial charge in [0.05, 0.1) is 7.11 Å². The fraction of sp³-hybridized carbons (Fsp3) is 0.407. The highest BCUT2D eigenvalue weighted by Gasteiger charge is 2.60. The third kappa shape index (κ3) is 3.29. The van der Waals surface area contributed by atoms with Crippen LogP contribution in [0, 0.1) is 5.82 Å². The average molecular weight is 493 g/mol. The van der Waals surface area contributed by atoms with E-state index in [1.807, 2.05) is 6.07 Å². The molecule has 3 aromatic rings. The number of hydrogen-bond donors (Lipinski definition) is 2. The summed E-state index contributed by atoms with van der Waals surface area (Å²) in [6.45, 7) is 4.77. The van der Waals surface area contributed by atoms with Crippen LogP contribution in [-0.4, -0.2) is 75.6 Å². The number of carbonyl (C=O) groups is 2. The van der Waals surface area contributed by atoms with Gasteiger partial charge in [0.1, 0.15) is 17.3 Å². The summed E-state index contributed by atoms with van der Waals surface area (Å²) in [7, 11) is 1.42. The van der Waals surface area contributed by atoms with Crippen molar-refractivity contribution in [3.63, 3.8) is 0 Å². The number of halogens is 1. The van der Waals surface area contributed by atoms with E-state index >= 15 is 0 Å². The number of amides is 3. The molecule has 0 spiro atoms. The monoisotopic (exact) mass is 492 g/mol. The number of nitrogens with one attached hydrogen (secondary N) is 1. The lowest BCUT2D eigenvalue weighted by Crippen LogP contribution is -2.53. The Bertz CT molecular complexity index is 1380. The van der Waals surface area contributed by atoms with Gasteiger partial charge < -0.3 is 19.7 Å². The summed E-state index contributed by atoms with van der Waals surface area (Å²) in [5.74, 6) is -0.545. The number of aromatic amines is 1. The molecule has 2 atom stereocenters. The molecule has 4 heterocycles. The highest BCUT2D eigenvalue weighted by molar-refractivity contribution is 6.08. The van der Waals surface area contributed by atoms with Gasteiger partial charge in [-0.1, -0.05) is 12.1 Å². The number of carbonyl (C=O) groups excluding carboxylic acids is 2. The Hall–Kier alpha value is -3.59. The van der Waals surface area contributed by atoms with E-state index in [4.69, 9.17) is 4.74 Å². The van der Waals surface area contributed by atoms with Gasteiger partial charge in [-0.3, -0.25) is 14.6 Å². The smallest absolute Gasteiger partial charge is 0.328 e. The molecule has 8 nitrogen and oxygen atoms in total. The number of phenols is 1. The van der Waals surface area contributed by atoms with E-state index in [1.54, 1.807) is 36.1 Å². The van der Waals surface area contributed by atoms with E-state index in [0.29, 0.717) is 29.9 Å². The first kappa shape index (κ1) is 22.8. The molecule has 188 valence electrons. The van der Waals surface area contributed by atoms with Gasteiger partial charge in [0, 0.05) is 42.2 Å². The molecule has 1 unspecified atom stereocenters. The number of H-pyrrole nitrogens is 1. The van der Waals surface area contributed by atoms with Crippen molar-refractivity contribution in [1.29, 1.82) is 0 Å². The average Bonchev–Trinajstić information content (AvgIpc) is 3.53. The number of imide groups is 1. The number of rotatable bonds is 5. The summed E-state index contributed by atoms with van der Waals surface area (Å²) in [4.78, 5) is 36.4. The first-order chi connectivity index (χ1) is 17.3. The lowest BCUT2D eigenvalue weighted by Gasteiger charge is -2.42. The van der Waals surface area contributed by atoms with E-state index in [1.165, 1.54) is 18.1 Å². The normalized spacial score (nSPS) is 24.0. The molecule has 6 rings (SSSR count). The molecular formula is C27H29FN4O4. The minimum atomic E-state index is -1.12. The van der Waals surface area contributed by atoms with E-state index in [-0.39, 0.29) is 29.9 Å². The number of phenolic OH excluding ortho intramolecular Hbond substituents is 1. The summed E-state index contributed by atoms with van der Waals surface area (Å²) < 4.78 is 19.8. The Balaban J connectivity index is 1.49. The van der Waals surface area contributed by atoms with E-state index in [9.17, 15) is 19.1 Å². The number of benzene rings is 2. The van der Waals surface area contributed by atoms with Crippen molar-refractivity contribution in [2.45, 2.75) is 37.8 Å². The Morgan fingerprint density at radius 2 is 1.94 bits per heavy atom. The van der Waals surface area contributed by atoms with Crippen molar-refractivity contribution in [3.05, 3.63) is 59.0 Å². The fourth-order valence-electron chi connectivity index (χ4n) is 6.16. The summed E-state index contributed by atoms with van der Waals surface area (Å²) in [6, 6.07) is 8.75. The maximum Gasteiger partial charge on any atom is 0.328 e. The van der Waals surface area contributed by atoms with Crippen LogP contribution in [0.5, 0.6) is 11.5 Å². The van der Waals surface area contributed by atoms with Crippen LogP contribution in [0.25, 0.3) is 10.9 Å². The molecule has 0 bridgehead atoms. The standard InChI is InChI=1S/C27H29FN4O4/c1-27-15-19-18-13-22(36-2)20(28)14-21(18)29-23(19)24(16-6-5-7-17(33)12-16)32(27)26(35)31(25(27)34)11-10-30-8-3-4-9-30/h5-7,12-14,24,29,33H,3-4,8-11,15H2,1-2H3/t24?,27-/m0/s1. The summed E-state index contributed by atoms with van der Waals surface area (Å²) >= 11 is 0. The molecule has 36 heavy (non-hydrogen) atoms. The van der Waals surface area contributed by atoms with Gasteiger partial charge in [-0.2, -0.15) is 0 Å². The third-order valence-corrected chi connectivity index (χ3v) is 7.96. The summed E-state index contributed by atoms with van der Waals surface area (Å²) in [6.07, 6.45) is 2.56. The van der Waals surface area contributed by atoms with Crippen LogP contribution in [-0.2, 0) is 11.2 Å². The van der Waals surface area contributed by atoms with Gasteiger partial charge in [0.15, 0.2) is 11.6 Å². The van der Waals surface area contributed by atoms with Gasteiger partial charge >= 0.3 is 6.03 Å². The molecule has 0 radical (unpaired) electrons. The second kappa shape index (κ2) is 8.23. The van der Waals surface area contributed by atoms with Crippen molar-refractivity contribution in [1.82, 2.24) is 19.7 Å². The first-order valence-corrected chi connectivity index (χ1v) is 12.4. The van der Waals surface area contributed by atoms with Gasteiger partial charge in [0.2, 0.25) is 0 Å². The lowest BCUT2D eigenvalue weighted by molar-refractivity contribution is -0.133. The molecule has 2 aromatic carbocycles. The molecule has 0 saturated carbocycles. The first-order valence-electron chi connectivity index (χ1n) is 12.4. The second-order valence-corrected chi connectivity index (χ2v) is 10.2. The van der Waals surface area contributed by atoms with Crippen LogP contribution >= 0.6 is 0 Å². The summed E-state index contributed by atoms with van der Waals surface area (Å²) in [5, 5.41) is 11.0. The van der Waals surface area contributed by atoms with Crippen LogP contribution in [0.1, 0.15) is 42.6 Å². The molecule has 2 saturated heterocycles. The van der Waals surface area contributed by atoms with Gasteiger partial charge in [-0.05, 0) is 62.2 Å². The van der Waals surface area contributed by atoms with Crippen molar-refractivity contribution >= 4 is 22.8 Å². The number of urea groups is 1. The summed E-state index contributed by atoms with van der Waals surface area (Å²) in [5.41, 5.74) is 1.67. The Labute approximate surface area is 208 Å². The lowest BCUT2D eigenvalue weighted by atomic mass is 9.81. The fourth-order valence-corrected chi connectivity index (χ4v) is 6.16. The molecule has 9 heteroatoms. The molecule has 3 aliphatic heterocycles. The SMILES string of the molecule is COc1cc2c3c([nH]c2cc1F)C(c1cccc(O)c1)N1C(=O)N(CCN2CCCC2)C(=O)[C@]1(C)C3. The molecular weight excluding hydrogens is 463 g/mol. The van der Waals surface area contributed by atoms with Crippen molar-refractivity contribution in [2.24, 2.45) is 0 Å². The Morgan fingerprint density at radius 3 is 2.67 bits per heavy atom. The van der Waals surface area contributed by atoms with Crippen LogP contribution in [0.15, 0.2) is 36.4 Å². The van der Waals surface area contributed by atoms with Gasteiger partial charge in [-0.15, -0.1) is 0 Å². The predicted octanol–water partition coefficient (Wildman–Crippen LogP) is 3.79. The predicted molar refractivity (Wildman–Crippen MR) is 131 cm³/mol. The largest absolute Gasteiger partial charge is 0.508 e. The number of nitrogens with zero attached hydrogens (tertiary/aromatic N) is 3. The minimum absolute atomic E-state index is 0.0639. The zero-order valence-electron chi connectivity index (χ0n) is 20.4. The zero-order chi connectivity index (χ0) is 25.2. The van der Waals surface area contributed by atoms with E-state index in [0.717, 1.165) is 36.9 Å².